The van der Waals surface area contributed by atoms with Gasteiger partial charge in [0.05, 0.1) is 18.9 Å². The van der Waals surface area contributed by atoms with Gasteiger partial charge in [0.15, 0.2) is 0 Å². The summed E-state index contributed by atoms with van der Waals surface area (Å²) in [5.41, 5.74) is 0.351. The number of hydrogen-bond donors (Lipinski definition) is 3. The molecule has 329 valence electrons. The number of carboxylic acid groups (broad SMARTS) is 1. The lowest BCUT2D eigenvalue weighted by Crippen LogP contribution is -2.07. The second-order valence-electron chi connectivity index (χ2n) is 13.0. The van der Waals surface area contributed by atoms with Gasteiger partial charge >= 0.3 is 19.6 Å². The lowest BCUT2D eigenvalue weighted by molar-refractivity contribution is -0.144. The fraction of sp³-hybridized carbons (Fsp3) is 0.366. The summed E-state index contributed by atoms with van der Waals surface area (Å²) in [4.78, 5) is 20.0. The number of hydrogen-bond acceptors (Lipinski definition) is 6. The molecular weight excluding hydrogens is 1100 g/mol. The number of ether oxygens (including phenoxy) is 1. The van der Waals surface area contributed by atoms with Gasteiger partial charge in [0.2, 0.25) is 0 Å². The number of carbonyl (C=O) groups is 2. The van der Waals surface area contributed by atoms with Crippen LogP contribution in [0.1, 0.15) is 55.4 Å². The zero-order valence-corrected chi connectivity index (χ0v) is 40.9. The molecule has 0 amide bonds. The van der Waals surface area contributed by atoms with Gasteiger partial charge in [-0.2, -0.15) is 0 Å². The van der Waals surface area contributed by atoms with Gasteiger partial charge in [-0.1, -0.05) is 109 Å². The smallest absolute Gasteiger partial charge is 0.537 e. The second kappa shape index (κ2) is 35.0. The van der Waals surface area contributed by atoms with Crippen molar-refractivity contribution in [2.45, 2.75) is 55.4 Å². The maximum Gasteiger partial charge on any atom is 0.569 e. The van der Waals surface area contributed by atoms with Crippen molar-refractivity contribution >= 4 is 90.0 Å². The fourth-order valence-corrected chi connectivity index (χ4v) is 3.80. The van der Waals surface area contributed by atoms with Crippen molar-refractivity contribution < 1.29 is 60.6 Å². The van der Waals surface area contributed by atoms with Crippen LogP contribution in [0.15, 0.2) is 81.7 Å². The van der Waals surface area contributed by atoms with Crippen LogP contribution >= 0.6 is 70.4 Å². The number of halogens is 10. The van der Waals surface area contributed by atoms with E-state index in [9.17, 15) is 35.9 Å². The predicted octanol–water partition coefficient (Wildman–Crippen LogP) is 12.8. The van der Waals surface area contributed by atoms with E-state index in [1.165, 1.54) is 25.3 Å². The van der Waals surface area contributed by atoms with E-state index in [-0.39, 0.29) is 40.5 Å². The number of carbonyl (C=O) groups excluding carboxylic acids is 1. The molecule has 4 aromatic rings. The van der Waals surface area contributed by atoms with E-state index in [1.54, 1.807) is 39.8 Å². The first-order chi connectivity index (χ1) is 27.3. The average molecular weight is 1150 g/mol. The summed E-state index contributed by atoms with van der Waals surface area (Å²) in [6.07, 6.45) is 0. The number of benzene rings is 4. The van der Waals surface area contributed by atoms with Crippen molar-refractivity contribution in [3.05, 3.63) is 120 Å². The summed E-state index contributed by atoms with van der Waals surface area (Å²) in [6, 6.07) is 14.9. The van der Waals surface area contributed by atoms with Crippen molar-refractivity contribution in [2.75, 3.05) is 19.0 Å². The quantitative estimate of drug-likeness (QED) is 0.0422. The molecule has 0 heterocycles. The molecule has 59 heavy (non-hydrogen) atoms. The predicted molar refractivity (Wildman–Crippen MR) is 241 cm³/mol. The zero-order valence-electron chi connectivity index (χ0n) is 34.0. The van der Waals surface area contributed by atoms with Crippen LogP contribution in [-0.2, 0) is 14.3 Å². The highest BCUT2D eigenvalue weighted by atomic mass is 127. The van der Waals surface area contributed by atoms with Crippen LogP contribution in [0.4, 0.5) is 26.3 Å². The lowest BCUT2D eigenvalue weighted by atomic mass is 10.1. The topological polar surface area (TPSA) is 113 Å². The molecule has 1 radical (unpaired) electrons. The van der Waals surface area contributed by atoms with Crippen LogP contribution in [0.5, 0.6) is 5.75 Å². The molecule has 7 nitrogen and oxygen atoms in total. The van der Waals surface area contributed by atoms with E-state index in [0.29, 0.717) is 34.3 Å². The monoisotopic (exact) mass is 1140 g/mol. The fourth-order valence-electron chi connectivity index (χ4n) is 2.80. The van der Waals surface area contributed by atoms with Gasteiger partial charge in [-0.3, -0.25) is 9.59 Å². The Morgan fingerprint density at radius 1 is 0.695 bits per heavy atom. The number of aliphatic carboxylic acids is 1. The number of esters is 1. The Balaban J connectivity index is -0.000000651. The molecule has 0 saturated heterocycles. The highest BCUT2D eigenvalue weighted by molar-refractivity contribution is 14.1. The summed E-state index contributed by atoms with van der Waals surface area (Å²) >= 11 is 11.5. The van der Waals surface area contributed by atoms with Gasteiger partial charge in [0.25, 0.3) is 0 Å². The zero-order chi connectivity index (χ0) is 46.4. The van der Waals surface area contributed by atoms with Gasteiger partial charge in [-0.05, 0) is 82.5 Å². The first-order valence-electron chi connectivity index (χ1n) is 17.4. The molecule has 0 atom stereocenters. The Kier molecular flexibility index (Phi) is 36.0. The molecule has 0 unspecified atom stereocenters. The Morgan fingerprint density at radius 2 is 1.08 bits per heavy atom. The third-order valence-corrected chi connectivity index (χ3v) is 9.01. The van der Waals surface area contributed by atoms with Gasteiger partial charge in [-0.25, -0.2) is 26.3 Å². The Labute approximate surface area is 383 Å². The summed E-state index contributed by atoms with van der Waals surface area (Å²) in [6.45, 7) is 15.5. The molecule has 18 heteroatoms. The molecular formula is C41H50BBr3F6IO7. The van der Waals surface area contributed by atoms with Crippen LogP contribution in [-0.4, -0.2) is 53.9 Å². The Bertz CT molecular complexity index is 1740. The van der Waals surface area contributed by atoms with Crippen molar-refractivity contribution in [3.63, 3.8) is 0 Å². The average Bonchev–Trinajstić information content (AvgIpc) is 3.13. The Hall–Kier alpha value is -2.65. The number of methoxy groups -OCH3 is 1. The molecule has 0 aromatic heterocycles. The third kappa shape index (κ3) is 33.7. The SMILES string of the molecule is CC(C)C(=O)O.CC(C)CBr.CC(C)CO.COC(=O)C(C)C.Fc1cc(Br)ccc1I.Fc1cc(F)cc(-c2ccc(Br)cc2F)c1.O[B]Oc1cc(F)cc(F)c1. The van der Waals surface area contributed by atoms with E-state index in [2.05, 4.69) is 71.0 Å². The van der Waals surface area contributed by atoms with Gasteiger partial charge in [0, 0.05) is 54.3 Å². The molecule has 0 bridgehead atoms. The van der Waals surface area contributed by atoms with Crippen molar-refractivity contribution in [2.24, 2.45) is 23.7 Å². The third-order valence-electron chi connectivity index (χ3n) is 5.85. The van der Waals surface area contributed by atoms with Gasteiger partial charge in [0.1, 0.15) is 40.7 Å². The number of carboxylic acids is 1. The normalized spacial score (nSPS) is 9.71. The second-order valence-corrected chi connectivity index (χ2v) is 16.6. The first-order valence-corrected chi connectivity index (χ1v) is 21.2. The molecule has 3 N–H and O–H groups in total. The van der Waals surface area contributed by atoms with Crippen LogP contribution in [0.25, 0.3) is 11.1 Å². The van der Waals surface area contributed by atoms with Crippen LogP contribution < -0.4 is 4.65 Å². The van der Waals surface area contributed by atoms with Crippen LogP contribution in [0, 0.1) is 62.1 Å². The van der Waals surface area contributed by atoms with E-state index in [1.807, 2.05) is 42.5 Å². The molecule has 4 aromatic carbocycles. The molecule has 0 fully saturated rings. The van der Waals surface area contributed by atoms with E-state index in [0.717, 1.165) is 46.1 Å². The van der Waals surface area contributed by atoms with Crippen LogP contribution in [0.3, 0.4) is 0 Å². The number of aliphatic hydroxyl groups excluding tert-OH is 1. The molecule has 0 aliphatic carbocycles. The number of rotatable bonds is 7. The summed E-state index contributed by atoms with van der Waals surface area (Å²) in [7, 11) is 1.75. The Morgan fingerprint density at radius 3 is 1.36 bits per heavy atom. The maximum atomic E-state index is 13.5. The van der Waals surface area contributed by atoms with Crippen molar-refractivity contribution in [3.8, 4) is 16.9 Å². The molecule has 0 saturated carbocycles. The first kappa shape index (κ1) is 60.7. The van der Waals surface area contributed by atoms with Crippen molar-refractivity contribution in [1.29, 1.82) is 0 Å². The molecule has 0 spiro atoms. The largest absolute Gasteiger partial charge is 0.569 e. The maximum absolute atomic E-state index is 13.5. The standard InChI is InChI=1S/C12H6BrF3.C6H4BF2O2.C6H3BrFI.C5H10O2.C4H9Br.C4H8O2.C4H10O/c13-8-1-2-11(12(16)5-8)7-3-9(14)6-10(15)4-7;8-4-1-5(9)3-6(2-4)11-7-10;7-4-1-2-6(9)5(8)3-4;1-4(2)5(6)7-3;1-4(2)3-5;1-3(2)4(5)6;1-4(2)3-5/h1-6H;1-3,10H;1-3H;4H,1-3H3;4H,3H2,1-2H3;3H,1-2H3,(H,5,6);4-5H,3H2,1-2H3. The molecule has 4 rings (SSSR count). The van der Waals surface area contributed by atoms with Gasteiger partial charge in [-0.15, -0.1) is 0 Å². The minimum absolute atomic E-state index is 0.00463. The van der Waals surface area contributed by atoms with Gasteiger partial charge < -0.3 is 24.6 Å². The lowest BCUT2D eigenvalue weighted by Gasteiger charge is -2.04. The number of alkyl halides is 1. The highest BCUT2D eigenvalue weighted by Crippen LogP contribution is 2.27. The van der Waals surface area contributed by atoms with Crippen molar-refractivity contribution in [1.82, 2.24) is 0 Å². The highest BCUT2D eigenvalue weighted by Gasteiger charge is 2.09. The number of aliphatic hydroxyl groups is 1. The minimum atomic E-state index is -0.748. The van der Waals surface area contributed by atoms with E-state index in [4.69, 9.17) is 15.2 Å². The van der Waals surface area contributed by atoms with E-state index < -0.39 is 35.1 Å². The summed E-state index contributed by atoms with van der Waals surface area (Å²) in [5, 5.41) is 25.4. The summed E-state index contributed by atoms with van der Waals surface area (Å²) < 4.78 is 87.3. The minimum Gasteiger partial charge on any atom is -0.537 e. The molecule has 0 aliphatic heterocycles. The molecule has 0 aliphatic rings. The van der Waals surface area contributed by atoms with E-state index >= 15 is 0 Å². The van der Waals surface area contributed by atoms with Crippen LogP contribution in [0.2, 0.25) is 0 Å². The summed E-state index contributed by atoms with van der Waals surface area (Å²) in [5.74, 6) is -3.61.